The first-order valence-electron chi connectivity index (χ1n) is 26.4. The molecule has 10 heteroatoms. The lowest BCUT2D eigenvalue weighted by atomic mass is 10.0. The Bertz CT molecular complexity index is 1460. The molecule has 0 aromatic heterocycles. The largest absolute Gasteiger partial charge is 0.472 e. The topological polar surface area (TPSA) is 134 Å². The highest BCUT2D eigenvalue weighted by atomic mass is 31.2. The van der Waals surface area contributed by atoms with E-state index in [0.29, 0.717) is 12.8 Å². The number of nitrogens with two attached hydrogens (primary N) is 1. The lowest BCUT2D eigenvalue weighted by molar-refractivity contribution is -0.161. The highest BCUT2D eigenvalue weighted by molar-refractivity contribution is 7.47. The van der Waals surface area contributed by atoms with Crippen molar-refractivity contribution in [3.8, 4) is 0 Å². The van der Waals surface area contributed by atoms with Gasteiger partial charge >= 0.3 is 19.8 Å². The molecule has 0 aliphatic rings. The minimum atomic E-state index is -4.41. The van der Waals surface area contributed by atoms with Crippen molar-refractivity contribution < 1.29 is 37.6 Å². The molecule has 0 aliphatic carbocycles. The van der Waals surface area contributed by atoms with E-state index >= 15 is 0 Å². The van der Waals surface area contributed by atoms with Crippen molar-refractivity contribution in [2.45, 2.75) is 213 Å². The molecule has 2 unspecified atom stereocenters. The van der Waals surface area contributed by atoms with Crippen LogP contribution >= 0.6 is 7.82 Å². The van der Waals surface area contributed by atoms with Crippen LogP contribution in [0.4, 0.5) is 0 Å². The third-order valence-electron chi connectivity index (χ3n) is 10.7. The lowest BCUT2D eigenvalue weighted by Gasteiger charge is -2.19. The van der Waals surface area contributed by atoms with Crippen molar-refractivity contribution in [3.05, 3.63) is 109 Å². The van der Waals surface area contributed by atoms with Crippen LogP contribution in [-0.2, 0) is 32.7 Å². The van der Waals surface area contributed by atoms with Gasteiger partial charge in [-0.3, -0.25) is 18.6 Å². The molecule has 3 N–H and O–H groups in total. The molecule has 0 spiro atoms. The molecule has 2 atom stereocenters. The number of hydrogen-bond donors (Lipinski definition) is 2. The third-order valence-corrected chi connectivity index (χ3v) is 11.7. The molecule has 382 valence electrons. The van der Waals surface area contributed by atoms with E-state index in [1.165, 1.54) is 89.9 Å². The summed E-state index contributed by atoms with van der Waals surface area (Å²) in [6.07, 6.45) is 69.9. The van der Waals surface area contributed by atoms with Gasteiger partial charge in [0.25, 0.3) is 0 Å². The van der Waals surface area contributed by atoms with Crippen LogP contribution in [-0.4, -0.2) is 49.3 Å². The molecular formula is C57H96NO8P. The first kappa shape index (κ1) is 63.7. The van der Waals surface area contributed by atoms with Gasteiger partial charge in [0, 0.05) is 19.4 Å². The lowest BCUT2D eigenvalue weighted by Crippen LogP contribution is -2.29. The summed E-state index contributed by atoms with van der Waals surface area (Å²) in [6, 6.07) is 0. The number of unbranched alkanes of at least 4 members (excludes halogenated alkanes) is 17. The first-order valence-corrected chi connectivity index (χ1v) is 27.9. The van der Waals surface area contributed by atoms with Crippen molar-refractivity contribution in [2.24, 2.45) is 5.73 Å². The van der Waals surface area contributed by atoms with Crippen LogP contribution in [0.15, 0.2) is 109 Å². The molecule has 9 nitrogen and oxygen atoms in total. The molecule has 0 saturated carbocycles. The van der Waals surface area contributed by atoms with Gasteiger partial charge in [-0.15, -0.1) is 0 Å². The highest BCUT2D eigenvalue weighted by Gasteiger charge is 2.26. The minimum Gasteiger partial charge on any atom is -0.462 e. The summed E-state index contributed by atoms with van der Waals surface area (Å²) in [6.45, 7) is 3.56. The normalized spacial score (nSPS) is 14.0. The maximum atomic E-state index is 12.6. The minimum absolute atomic E-state index is 0.0394. The van der Waals surface area contributed by atoms with Gasteiger partial charge in [0.1, 0.15) is 6.61 Å². The van der Waals surface area contributed by atoms with E-state index in [-0.39, 0.29) is 32.6 Å². The van der Waals surface area contributed by atoms with Crippen molar-refractivity contribution >= 4 is 19.8 Å². The summed E-state index contributed by atoms with van der Waals surface area (Å²) in [5.41, 5.74) is 5.36. The Morgan fingerprint density at radius 1 is 0.463 bits per heavy atom. The van der Waals surface area contributed by atoms with E-state index in [1.54, 1.807) is 0 Å². The molecule has 0 aromatic carbocycles. The highest BCUT2D eigenvalue weighted by Crippen LogP contribution is 2.43. The monoisotopic (exact) mass is 954 g/mol. The van der Waals surface area contributed by atoms with Crippen LogP contribution in [0.3, 0.4) is 0 Å². The van der Waals surface area contributed by atoms with Crippen molar-refractivity contribution in [2.75, 3.05) is 26.4 Å². The van der Waals surface area contributed by atoms with Crippen LogP contribution in [0.1, 0.15) is 206 Å². The summed E-state index contributed by atoms with van der Waals surface area (Å²) >= 11 is 0. The second-order valence-corrected chi connectivity index (χ2v) is 18.5. The smallest absolute Gasteiger partial charge is 0.462 e. The number of rotatable bonds is 48. The van der Waals surface area contributed by atoms with E-state index in [9.17, 15) is 19.0 Å². The molecule has 0 amide bonds. The van der Waals surface area contributed by atoms with Gasteiger partial charge in [0.15, 0.2) is 6.10 Å². The number of carbonyl (C=O) groups excluding carboxylic acids is 2. The van der Waals surface area contributed by atoms with Crippen molar-refractivity contribution in [3.63, 3.8) is 0 Å². The fraction of sp³-hybridized carbons (Fsp3) is 0.649. The summed E-state index contributed by atoms with van der Waals surface area (Å²) in [5.74, 6) is -0.901. The molecule has 0 fully saturated rings. The molecule has 0 saturated heterocycles. The average Bonchev–Trinajstić information content (AvgIpc) is 3.32. The molecule has 67 heavy (non-hydrogen) atoms. The number of carbonyl (C=O) groups is 2. The Kier molecular flexibility index (Phi) is 49.5. The summed E-state index contributed by atoms with van der Waals surface area (Å²) in [5, 5.41) is 0. The van der Waals surface area contributed by atoms with Crippen LogP contribution in [0.25, 0.3) is 0 Å². The Hall–Kier alpha value is -3.33. The van der Waals surface area contributed by atoms with E-state index in [1.807, 2.05) is 6.08 Å². The van der Waals surface area contributed by atoms with Crippen LogP contribution in [0, 0.1) is 0 Å². The number of ether oxygens (including phenoxy) is 2. The summed E-state index contributed by atoms with van der Waals surface area (Å²) < 4.78 is 32.9. The fourth-order valence-electron chi connectivity index (χ4n) is 6.81. The number of allylic oxidation sites excluding steroid dienone is 18. The zero-order valence-electron chi connectivity index (χ0n) is 42.3. The molecule has 0 radical (unpaired) electrons. The Morgan fingerprint density at radius 3 is 1.21 bits per heavy atom. The molecule has 0 bridgehead atoms. The van der Waals surface area contributed by atoms with Crippen LogP contribution in [0.5, 0.6) is 0 Å². The number of phosphoric acid groups is 1. The molecule has 0 aliphatic heterocycles. The van der Waals surface area contributed by atoms with E-state index in [2.05, 4.69) is 117 Å². The van der Waals surface area contributed by atoms with E-state index in [0.717, 1.165) is 77.0 Å². The summed E-state index contributed by atoms with van der Waals surface area (Å²) in [4.78, 5) is 35.0. The second-order valence-electron chi connectivity index (χ2n) is 17.0. The Labute approximate surface area is 409 Å². The standard InChI is InChI=1S/C57H96NO8P/c1-3-5-7-9-11-13-15-17-19-21-22-23-24-25-26-27-28-29-30-31-32-34-36-38-40-42-44-46-48-50-57(60)66-55(54-65-67(61,62)64-52-51-58)53-63-56(59)49-47-45-43-41-39-37-35-33-20-18-16-14-12-10-8-6-4-2/h5,7,11,13,17,19,22-23,25-26,28-29,31-32,36,38,42,44,55H,3-4,6,8-10,12,14-16,18,20-21,24,27,30,33-35,37,39-41,43,45-54,58H2,1-2H3,(H,61,62)/b7-5-,13-11-,19-17-,23-22-,26-25-,29-28-,32-31-,38-36-,44-42-. The fourth-order valence-corrected chi connectivity index (χ4v) is 7.58. The molecular weight excluding hydrogens is 858 g/mol. The van der Waals surface area contributed by atoms with Gasteiger partial charge in [-0.2, -0.15) is 0 Å². The predicted molar refractivity (Wildman–Crippen MR) is 284 cm³/mol. The zero-order chi connectivity index (χ0) is 48.8. The van der Waals surface area contributed by atoms with E-state index in [4.69, 9.17) is 24.3 Å². The zero-order valence-corrected chi connectivity index (χ0v) is 43.2. The van der Waals surface area contributed by atoms with Crippen LogP contribution in [0.2, 0.25) is 0 Å². The first-order chi connectivity index (χ1) is 32.8. The predicted octanol–water partition coefficient (Wildman–Crippen LogP) is 16.3. The Morgan fingerprint density at radius 2 is 0.821 bits per heavy atom. The maximum Gasteiger partial charge on any atom is 0.472 e. The van der Waals surface area contributed by atoms with Gasteiger partial charge in [0.2, 0.25) is 0 Å². The van der Waals surface area contributed by atoms with Gasteiger partial charge < -0.3 is 20.1 Å². The van der Waals surface area contributed by atoms with Crippen molar-refractivity contribution in [1.82, 2.24) is 0 Å². The molecule has 0 rings (SSSR count). The second kappa shape index (κ2) is 52.0. The Balaban J connectivity index is 4.18. The van der Waals surface area contributed by atoms with Gasteiger partial charge in [0.05, 0.1) is 13.2 Å². The number of esters is 2. The molecule has 0 aromatic rings. The maximum absolute atomic E-state index is 12.6. The van der Waals surface area contributed by atoms with Crippen molar-refractivity contribution in [1.29, 1.82) is 0 Å². The van der Waals surface area contributed by atoms with Crippen LogP contribution < -0.4 is 5.73 Å². The number of phosphoric ester groups is 1. The van der Waals surface area contributed by atoms with Gasteiger partial charge in [-0.25, -0.2) is 4.57 Å². The third kappa shape index (κ3) is 51.9. The number of hydrogen-bond acceptors (Lipinski definition) is 8. The summed E-state index contributed by atoms with van der Waals surface area (Å²) in [7, 11) is -4.41. The average molecular weight is 954 g/mol. The quantitative estimate of drug-likeness (QED) is 0.0264. The SMILES string of the molecule is CC/C=C\C/C=C\C/C=C\C/C=C\C/C=C\C/C=C\C/C=C\C/C=C\C/C=C\CCCC(=O)OC(COC(=O)CCCCCCCCCCCCCCCCCCC)COP(=O)(O)OCCN. The van der Waals surface area contributed by atoms with Gasteiger partial charge in [-0.05, 0) is 77.0 Å². The van der Waals surface area contributed by atoms with Gasteiger partial charge in [-0.1, -0.05) is 226 Å². The van der Waals surface area contributed by atoms with E-state index < -0.39 is 32.5 Å². The molecule has 0 heterocycles.